The fourth-order valence-electron chi connectivity index (χ4n) is 4.65. The second kappa shape index (κ2) is 7.11. The maximum Gasteiger partial charge on any atom is 0.216 e. The lowest BCUT2D eigenvalue weighted by molar-refractivity contribution is -0.0465. The van der Waals surface area contributed by atoms with E-state index in [1.54, 1.807) is 0 Å². The van der Waals surface area contributed by atoms with E-state index in [0.29, 0.717) is 5.92 Å². The molecule has 2 N–H and O–H groups in total. The first-order valence-electron chi connectivity index (χ1n) is 10.9. The summed E-state index contributed by atoms with van der Waals surface area (Å²) < 4.78 is 2.00. The maximum atomic E-state index is 4.98. The minimum Gasteiger partial charge on any atom is -0.308 e. The highest BCUT2D eigenvalue weighted by molar-refractivity contribution is 5.54. The molecule has 8 heteroatoms. The molecule has 1 atom stereocenters. The molecule has 1 saturated carbocycles. The summed E-state index contributed by atoms with van der Waals surface area (Å²) in [7, 11) is 0. The number of aromatic nitrogens is 5. The van der Waals surface area contributed by atoms with Gasteiger partial charge in [-0.15, -0.1) is 0 Å². The molecule has 0 bridgehead atoms. The van der Waals surface area contributed by atoms with Gasteiger partial charge in [-0.2, -0.15) is 10.1 Å². The smallest absolute Gasteiger partial charge is 0.216 e. The molecule has 29 heavy (non-hydrogen) atoms. The molecule has 1 aliphatic carbocycles. The molecule has 3 fully saturated rings. The van der Waals surface area contributed by atoms with Gasteiger partial charge in [0.05, 0.1) is 6.04 Å². The number of hydrogen-bond donors (Lipinski definition) is 2. The van der Waals surface area contributed by atoms with E-state index < -0.39 is 0 Å². The highest BCUT2D eigenvalue weighted by Gasteiger charge is 2.34. The first kappa shape index (κ1) is 17.4. The quantitative estimate of drug-likeness (QED) is 0.694. The van der Waals surface area contributed by atoms with Crippen LogP contribution in [0, 0.1) is 6.42 Å². The van der Waals surface area contributed by atoms with Crippen molar-refractivity contribution in [1.82, 2.24) is 34.6 Å². The highest BCUT2D eigenvalue weighted by Crippen LogP contribution is 2.40. The number of nitrogens with zero attached hydrogens (tertiary/aromatic N) is 6. The number of H-pyrrole nitrogens is 1. The van der Waals surface area contributed by atoms with Gasteiger partial charge in [-0.05, 0) is 57.1 Å². The van der Waals surface area contributed by atoms with Crippen LogP contribution >= 0.6 is 0 Å². The Balaban J connectivity index is 1.32. The Labute approximate surface area is 170 Å². The van der Waals surface area contributed by atoms with Gasteiger partial charge in [-0.25, -0.2) is 15.0 Å². The Morgan fingerprint density at radius 3 is 2.83 bits per heavy atom. The lowest BCUT2D eigenvalue weighted by Crippen LogP contribution is -2.45. The number of anilines is 2. The Bertz CT molecular complexity index is 997. The van der Waals surface area contributed by atoms with Crippen molar-refractivity contribution < 1.29 is 0 Å². The van der Waals surface area contributed by atoms with E-state index in [1.807, 2.05) is 22.7 Å². The van der Waals surface area contributed by atoms with Gasteiger partial charge in [0, 0.05) is 43.5 Å². The highest BCUT2D eigenvalue weighted by atomic mass is 15.6. The molecule has 0 spiro atoms. The van der Waals surface area contributed by atoms with Crippen LogP contribution in [0.1, 0.15) is 62.0 Å². The van der Waals surface area contributed by atoms with Crippen LogP contribution in [0.2, 0.25) is 0 Å². The van der Waals surface area contributed by atoms with Crippen molar-refractivity contribution in [2.45, 2.75) is 50.5 Å². The molecule has 1 radical (unpaired) electrons. The van der Waals surface area contributed by atoms with Crippen molar-refractivity contribution in [3.8, 4) is 0 Å². The van der Waals surface area contributed by atoms with E-state index in [9.17, 15) is 0 Å². The van der Waals surface area contributed by atoms with Crippen molar-refractivity contribution >= 4 is 17.4 Å². The molecule has 5 heterocycles. The maximum absolute atomic E-state index is 4.98. The summed E-state index contributed by atoms with van der Waals surface area (Å²) in [5.74, 6) is 3.16. The predicted octanol–water partition coefficient (Wildman–Crippen LogP) is 3.43. The fraction of sp³-hybridized carbons (Fsp3) is 0.524. The summed E-state index contributed by atoms with van der Waals surface area (Å²) >= 11 is 0. The zero-order valence-electron chi connectivity index (χ0n) is 16.6. The zero-order valence-corrected chi connectivity index (χ0v) is 16.6. The third-order valence-electron chi connectivity index (χ3n) is 6.33. The summed E-state index contributed by atoms with van der Waals surface area (Å²) in [6.07, 6.45) is 11.5. The van der Waals surface area contributed by atoms with E-state index in [4.69, 9.17) is 9.97 Å². The van der Waals surface area contributed by atoms with Crippen LogP contribution in [-0.2, 0) is 0 Å². The topological polar surface area (TPSA) is 77.4 Å². The molecule has 151 valence electrons. The Morgan fingerprint density at radius 2 is 1.97 bits per heavy atom. The fourth-order valence-corrected chi connectivity index (χ4v) is 4.65. The molecule has 2 saturated heterocycles. The molecular formula is C21H27N8. The van der Waals surface area contributed by atoms with E-state index in [2.05, 4.69) is 38.0 Å². The number of piperidine rings is 1. The lowest BCUT2D eigenvalue weighted by Gasteiger charge is -2.38. The molecule has 2 aliphatic heterocycles. The molecule has 3 aromatic heterocycles. The first-order chi connectivity index (χ1) is 14.3. The van der Waals surface area contributed by atoms with Gasteiger partial charge in [0.25, 0.3) is 0 Å². The van der Waals surface area contributed by atoms with Crippen LogP contribution in [0.3, 0.4) is 0 Å². The largest absolute Gasteiger partial charge is 0.308 e. The number of aromatic amines is 1. The molecule has 3 aliphatic rings. The van der Waals surface area contributed by atoms with Crippen molar-refractivity contribution in [3.05, 3.63) is 42.3 Å². The number of rotatable bonds is 5. The number of hydrazine groups is 1. The average Bonchev–Trinajstić information content (AvgIpc) is 3.14. The van der Waals surface area contributed by atoms with Gasteiger partial charge >= 0.3 is 0 Å². The predicted molar refractivity (Wildman–Crippen MR) is 111 cm³/mol. The zero-order chi connectivity index (χ0) is 19.2. The van der Waals surface area contributed by atoms with Gasteiger partial charge in [0.15, 0.2) is 11.6 Å². The van der Waals surface area contributed by atoms with Gasteiger partial charge in [-0.3, -0.25) is 9.50 Å². The molecule has 0 amide bonds. The second-order valence-corrected chi connectivity index (χ2v) is 8.39. The van der Waals surface area contributed by atoms with Crippen molar-refractivity contribution in [1.29, 1.82) is 0 Å². The lowest BCUT2D eigenvalue weighted by atomic mass is 10.1. The van der Waals surface area contributed by atoms with Gasteiger partial charge in [-0.1, -0.05) is 0 Å². The average molecular weight is 392 g/mol. The monoisotopic (exact) mass is 391 g/mol. The van der Waals surface area contributed by atoms with Crippen LogP contribution in [0.25, 0.3) is 5.65 Å². The van der Waals surface area contributed by atoms with Crippen LogP contribution < -0.4 is 5.32 Å². The molecule has 6 rings (SSSR count). The summed E-state index contributed by atoms with van der Waals surface area (Å²) in [5.41, 5.74) is 2.14. The molecule has 8 nitrogen and oxygen atoms in total. The molecule has 0 aromatic carbocycles. The minimum atomic E-state index is 0.245. The Morgan fingerprint density at radius 1 is 1.07 bits per heavy atom. The number of fused-ring (bicyclic) bond motifs is 1. The molecular weight excluding hydrogens is 364 g/mol. The minimum absolute atomic E-state index is 0.245. The molecule has 0 unspecified atom stereocenters. The Kier molecular flexibility index (Phi) is 4.27. The van der Waals surface area contributed by atoms with E-state index in [-0.39, 0.29) is 6.04 Å². The third kappa shape index (κ3) is 3.30. The molecule has 3 aromatic rings. The summed E-state index contributed by atoms with van der Waals surface area (Å²) in [5, 5.41) is 16.1. The van der Waals surface area contributed by atoms with Crippen molar-refractivity contribution in [3.63, 3.8) is 0 Å². The number of nitrogens with one attached hydrogen (secondary N) is 2. The second-order valence-electron chi connectivity index (χ2n) is 8.39. The number of hydrogen-bond acceptors (Lipinski definition) is 6. The SMILES string of the molecule is [CH]1CCN(N2CCC[C@H]2c2nc(Nc3cc(C4CC4)[nH]n3)n3cccc3n2)CC1. The summed E-state index contributed by atoms with van der Waals surface area (Å²) in [4.78, 5) is 9.89. The van der Waals surface area contributed by atoms with Crippen LogP contribution in [0.4, 0.5) is 11.8 Å². The van der Waals surface area contributed by atoms with Crippen LogP contribution in [0.5, 0.6) is 0 Å². The van der Waals surface area contributed by atoms with E-state index in [1.165, 1.54) is 25.0 Å². The van der Waals surface area contributed by atoms with Crippen molar-refractivity contribution in [2.24, 2.45) is 0 Å². The summed E-state index contributed by atoms with van der Waals surface area (Å²) in [6, 6.07) is 6.42. The normalized spacial score (nSPS) is 23.8. The van der Waals surface area contributed by atoms with E-state index in [0.717, 1.165) is 62.1 Å². The van der Waals surface area contributed by atoms with E-state index >= 15 is 0 Å². The Hall–Kier alpha value is -2.45. The first-order valence-corrected chi connectivity index (χ1v) is 10.9. The van der Waals surface area contributed by atoms with Crippen LogP contribution in [0.15, 0.2) is 24.4 Å². The van der Waals surface area contributed by atoms with Gasteiger partial charge < -0.3 is 5.32 Å². The van der Waals surface area contributed by atoms with Gasteiger partial charge in [0.2, 0.25) is 5.95 Å². The summed E-state index contributed by atoms with van der Waals surface area (Å²) in [6.45, 7) is 3.30. The third-order valence-corrected chi connectivity index (χ3v) is 6.33. The standard InChI is InChI=1S/C21H27N8/c1-2-10-27(11-3-1)29-13-4-6-17(29)20-23-19-7-5-12-28(19)21(24-20)22-18-14-16(25-26-18)15-8-9-15/h1,5,7,12,14-15,17H,2-4,6,8-11,13H2,(H2,22,23,24,25,26)/t17-/m0/s1. The van der Waals surface area contributed by atoms with Crippen LogP contribution in [-0.4, -0.2) is 54.2 Å². The van der Waals surface area contributed by atoms with Gasteiger partial charge in [0.1, 0.15) is 5.65 Å². The van der Waals surface area contributed by atoms with Crippen molar-refractivity contribution in [2.75, 3.05) is 25.0 Å².